The third kappa shape index (κ3) is 3.77. The number of hydrogen-bond acceptors (Lipinski definition) is 5. The first-order valence-electron chi connectivity index (χ1n) is 6.36. The SMILES string of the molecule is CCC(C)(O)CNC(=O)c1cc(OC)c(OC)cc1N. The van der Waals surface area contributed by atoms with Crippen molar-refractivity contribution in [2.24, 2.45) is 0 Å². The van der Waals surface area contributed by atoms with Crippen molar-refractivity contribution in [1.29, 1.82) is 0 Å². The maximum Gasteiger partial charge on any atom is 0.253 e. The van der Waals surface area contributed by atoms with Gasteiger partial charge in [-0.15, -0.1) is 0 Å². The van der Waals surface area contributed by atoms with Crippen LogP contribution in [0.1, 0.15) is 30.6 Å². The van der Waals surface area contributed by atoms with Crippen LogP contribution in [-0.4, -0.2) is 37.4 Å². The van der Waals surface area contributed by atoms with Gasteiger partial charge >= 0.3 is 0 Å². The maximum atomic E-state index is 12.1. The predicted molar refractivity (Wildman–Crippen MR) is 77.2 cm³/mol. The van der Waals surface area contributed by atoms with Gasteiger partial charge in [-0.2, -0.15) is 0 Å². The van der Waals surface area contributed by atoms with Gasteiger partial charge in [0.15, 0.2) is 11.5 Å². The van der Waals surface area contributed by atoms with Crippen molar-refractivity contribution in [3.05, 3.63) is 17.7 Å². The molecule has 0 radical (unpaired) electrons. The molecule has 0 heterocycles. The summed E-state index contributed by atoms with van der Waals surface area (Å²) in [6.07, 6.45) is 0.536. The summed E-state index contributed by atoms with van der Waals surface area (Å²) < 4.78 is 10.2. The lowest BCUT2D eigenvalue weighted by molar-refractivity contribution is 0.0518. The number of carbonyl (C=O) groups excluding carboxylic acids is 1. The Labute approximate surface area is 118 Å². The van der Waals surface area contributed by atoms with E-state index < -0.39 is 5.60 Å². The van der Waals surface area contributed by atoms with E-state index in [1.54, 1.807) is 6.92 Å². The minimum absolute atomic E-state index is 0.149. The van der Waals surface area contributed by atoms with E-state index in [-0.39, 0.29) is 23.7 Å². The molecule has 6 heteroatoms. The smallest absolute Gasteiger partial charge is 0.253 e. The molecule has 1 rings (SSSR count). The second kappa shape index (κ2) is 6.47. The molecule has 0 aliphatic heterocycles. The highest BCUT2D eigenvalue weighted by atomic mass is 16.5. The van der Waals surface area contributed by atoms with E-state index in [0.29, 0.717) is 17.9 Å². The molecule has 0 aliphatic rings. The molecule has 0 aromatic heterocycles. The second-order valence-corrected chi connectivity index (χ2v) is 4.83. The first-order chi connectivity index (χ1) is 9.34. The number of nitrogen functional groups attached to an aromatic ring is 1. The fourth-order valence-corrected chi connectivity index (χ4v) is 1.58. The van der Waals surface area contributed by atoms with E-state index in [9.17, 15) is 9.90 Å². The number of benzene rings is 1. The van der Waals surface area contributed by atoms with Crippen LogP contribution in [0.5, 0.6) is 11.5 Å². The lowest BCUT2D eigenvalue weighted by atomic mass is 10.0. The van der Waals surface area contributed by atoms with Crippen molar-refractivity contribution in [3.8, 4) is 11.5 Å². The molecule has 0 aliphatic carbocycles. The summed E-state index contributed by atoms with van der Waals surface area (Å²) in [5, 5.41) is 12.5. The number of carbonyl (C=O) groups is 1. The molecule has 0 fully saturated rings. The number of methoxy groups -OCH3 is 2. The largest absolute Gasteiger partial charge is 0.493 e. The molecule has 0 bridgehead atoms. The van der Waals surface area contributed by atoms with Gasteiger partial charge in [0.2, 0.25) is 0 Å². The molecule has 112 valence electrons. The molecular weight excluding hydrogens is 260 g/mol. The van der Waals surface area contributed by atoms with Gasteiger partial charge in [-0.25, -0.2) is 0 Å². The highest BCUT2D eigenvalue weighted by molar-refractivity contribution is 6.00. The molecule has 4 N–H and O–H groups in total. The number of nitrogens with two attached hydrogens (primary N) is 1. The lowest BCUT2D eigenvalue weighted by Gasteiger charge is -2.22. The number of rotatable bonds is 6. The van der Waals surface area contributed by atoms with Crippen LogP contribution in [0.25, 0.3) is 0 Å². The zero-order valence-corrected chi connectivity index (χ0v) is 12.3. The van der Waals surface area contributed by atoms with Gasteiger partial charge in [0.25, 0.3) is 5.91 Å². The van der Waals surface area contributed by atoms with Gasteiger partial charge in [-0.3, -0.25) is 4.79 Å². The van der Waals surface area contributed by atoms with Gasteiger partial charge in [0, 0.05) is 18.3 Å². The molecule has 0 spiro atoms. The highest BCUT2D eigenvalue weighted by Gasteiger charge is 2.20. The van der Waals surface area contributed by atoms with Gasteiger partial charge in [0.05, 0.1) is 25.4 Å². The van der Waals surface area contributed by atoms with Crippen molar-refractivity contribution in [1.82, 2.24) is 5.32 Å². The van der Waals surface area contributed by atoms with Gasteiger partial charge in [-0.05, 0) is 19.4 Å². The fourth-order valence-electron chi connectivity index (χ4n) is 1.58. The second-order valence-electron chi connectivity index (χ2n) is 4.83. The Balaban J connectivity index is 2.93. The summed E-state index contributed by atoms with van der Waals surface area (Å²) in [4.78, 5) is 12.1. The first-order valence-corrected chi connectivity index (χ1v) is 6.36. The average molecular weight is 282 g/mol. The van der Waals surface area contributed by atoms with E-state index in [0.717, 1.165) is 0 Å². The molecule has 6 nitrogen and oxygen atoms in total. The molecule has 1 amide bonds. The minimum Gasteiger partial charge on any atom is -0.493 e. The molecule has 1 atom stereocenters. The van der Waals surface area contributed by atoms with Crippen molar-refractivity contribution in [3.63, 3.8) is 0 Å². The van der Waals surface area contributed by atoms with Gasteiger partial charge in [-0.1, -0.05) is 6.92 Å². The Morgan fingerprint density at radius 2 is 1.90 bits per heavy atom. The lowest BCUT2D eigenvalue weighted by Crippen LogP contribution is -2.40. The molecule has 1 aromatic rings. The Kier molecular flexibility index (Phi) is 5.21. The standard InChI is InChI=1S/C14H22N2O4/c1-5-14(2,18)8-16-13(17)9-6-11(19-3)12(20-4)7-10(9)15/h6-7,18H,5,8,15H2,1-4H3,(H,16,17). The summed E-state index contributed by atoms with van der Waals surface area (Å²) in [5.41, 5.74) is 5.47. The number of amides is 1. The Morgan fingerprint density at radius 3 is 2.40 bits per heavy atom. The topological polar surface area (TPSA) is 93.8 Å². The third-order valence-corrected chi connectivity index (χ3v) is 3.19. The number of anilines is 1. The van der Waals surface area contributed by atoms with E-state index in [1.807, 2.05) is 6.92 Å². The van der Waals surface area contributed by atoms with Crippen LogP contribution >= 0.6 is 0 Å². The predicted octanol–water partition coefficient (Wildman–Crippen LogP) is 1.18. The molecule has 20 heavy (non-hydrogen) atoms. The van der Waals surface area contributed by atoms with Crippen LogP contribution in [0.3, 0.4) is 0 Å². The molecule has 1 aromatic carbocycles. The van der Waals surface area contributed by atoms with E-state index >= 15 is 0 Å². The van der Waals surface area contributed by atoms with Crippen molar-refractivity contribution >= 4 is 11.6 Å². The first kappa shape index (κ1) is 16.1. The summed E-state index contributed by atoms with van der Waals surface area (Å²) in [6.45, 7) is 3.65. The Morgan fingerprint density at radius 1 is 1.35 bits per heavy atom. The monoisotopic (exact) mass is 282 g/mol. The van der Waals surface area contributed by atoms with Crippen LogP contribution in [-0.2, 0) is 0 Å². The van der Waals surface area contributed by atoms with Crippen molar-refractivity contribution in [2.45, 2.75) is 25.9 Å². The van der Waals surface area contributed by atoms with E-state index in [4.69, 9.17) is 15.2 Å². The normalized spacial score (nSPS) is 13.4. The summed E-state index contributed by atoms with van der Waals surface area (Å²) in [6, 6.07) is 3.05. The summed E-state index contributed by atoms with van der Waals surface area (Å²) >= 11 is 0. The number of hydrogen-bond donors (Lipinski definition) is 3. The van der Waals surface area contributed by atoms with Crippen LogP contribution in [0.4, 0.5) is 5.69 Å². The number of aliphatic hydroxyl groups is 1. The van der Waals surface area contributed by atoms with Crippen LogP contribution in [0, 0.1) is 0 Å². The van der Waals surface area contributed by atoms with Gasteiger partial charge < -0.3 is 25.6 Å². The Hall–Kier alpha value is -1.95. The fraction of sp³-hybridized carbons (Fsp3) is 0.500. The Bertz CT molecular complexity index is 486. The van der Waals surface area contributed by atoms with Crippen LogP contribution in [0.15, 0.2) is 12.1 Å². The van der Waals surface area contributed by atoms with Crippen molar-refractivity contribution < 1.29 is 19.4 Å². The van der Waals surface area contributed by atoms with E-state index in [1.165, 1.54) is 26.4 Å². The van der Waals surface area contributed by atoms with Crippen LogP contribution < -0.4 is 20.5 Å². The average Bonchev–Trinajstić information content (AvgIpc) is 2.44. The molecule has 0 saturated carbocycles. The number of nitrogens with one attached hydrogen (secondary N) is 1. The third-order valence-electron chi connectivity index (χ3n) is 3.19. The highest BCUT2D eigenvalue weighted by Crippen LogP contribution is 2.31. The van der Waals surface area contributed by atoms with Crippen molar-refractivity contribution in [2.75, 3.05) is 26.5 Å². The van der Waals surface area contributed by atoms with Crippen LogP contribution in [0.2, 0.25) is 0 Å². The molecule has 0 saturated heterocycles. The zero-order valence-electron chi connectivity index (χ0n) is 12.3. The molecule has 1 unspecified atom stereocenters. The number of ether oxygens (including phenoxy) is 2. The quantitative estimate of drug-likeness (QED) is 0.681. The minimum atomic E-state index is -0.943. The maximum absolute atomic E-state index is 12.1. The summed E-state index contributed by atoms with van der Waals surface area (Å²) in [7, 11) is 2.98. The molecular formula is C14H22N2O4. The van der Waals surface area contributed by atoms with Gasteiger partial charge in [0.1, 0.15) is 0 Å². The van der Waals surface area contributed by atoms with E-state index in [2.05, 4.69) is 5.32 Å². The zero-order chi connectivity index (χ0) is 15.3. The summed E-state index contributed by atoms with van der Waals surface area (Å²) in [5.74, 6) is 0.522.